The number of halogens is 2. The van der Waals surface area contributed by atoms with E-state index >= 15 is 0 Å². The van der Waals surface area contributed by atoms with E-state index in [0.29, 0.717) is 31.3 Å². The van der Waals surface area contributed by atoms with Gasteiger partial charge in [0.05, 0.1) is 0 Å². The average Bonchev–Trinajstić information content (AvgIpc) is 3.47. The van der Waals surface area contributed by atoms with Crippen LogP contribution in [0.4, 0.5) is 0 Å². The van der Waals surface area contributed by atoms with Gasteiger partial charge in [0.1, 0.15) is 0 Å². The Labute approximate surface area is 192 Å². The van der Waals surface area contributed by atoms with Gasteiger partial charge in [-0.3, -0.25) is 6.08 Å². The minimum absolute atomic E-state index is 0. The molecule has 0 atom stereocenters. The van der Waals surface area contributed by atoms with Gasteiger partial charge in [0.15, 0.2) is 0 Å². The van der Waals surface area contributed by atoms with Crippen molar-refractivity contribution in [1.82, 2.24) is 0 Å². The van der Waals surface area contributed by atoms with Crippen LogP contribution in [-0.4, -0.2) is 10.9 Å². The molecule has 0 radical (unpaired) electrons. The summed E-state index contributed by atoms with van der Waals surface area (Å²) < 4.78 is 0. The van der Waals surface area contributed by atoms with E-state index in [1.165, 1.54) is 27.1 Å². The smallest absolute Gasteiger partial charge is 0.0370 e. The van der Waals surface area contributed by atoms with Gasteiger partial charge in [-0.25, -0.2) is 12.2 Å². The van der Waals surface area contributed by atoms with E-state index in [2.05, 4.69) is 67.6 Å². The Hall–Kier alpha value is -0.313. The molecule has 2 aliphatic heterocycles. The van der Waals surface area contributed by atoms with Gasteiger partial charge >= 0.3 is 55.5 Å². The second-order valence-corrected chi connectivity index (χ2v) is 28.5. The Bertz CT molecular complexity index is 1030. The zero-order valence-electron chi connectivity index (χ0n) is 16.1. The zero-order valence-corrected chi connectivity index (χ0v) is 22.1. The molecule has 2 bridgehead atoms. The summed E-state index contributed by atoms with van der Waals surface area (Å²) in [5.74, 6) is 0. The maximum Gasteiger partial charge on any atom is -0.0370 e. The summed E-state index contributed by atoms with van der Waals surface area (Å²) in [6, 6.07) is 24.6. The van der Waals surface area contributed by atoms with Crippen molar-refractivity contribution in [2.45, 2.75) is 37.5 Å². The molecule has 0 saturated heterocycles. The summed E-state index contributed by atoms with van der Waals surface area (Å²) >= 11 is 0.465. The summed E-state index contributed by atoms with van der Waals surface area (Å²) in [6.45, 7) is 2.15. The second-order valence-electron chi connectivity index (χ2n) is 7.16. The fourth-order valence-electron chi connectivity index (χ4n) is 3.81. The molecule has 3 aromatic carbocycles. The topological polar surface area (TPSA) is 0 Å². The van der Waals surface area contributed by atoms with Crippen LogP contribution in [-0.2, 0) is 20.5 Å². The number of rotatable bonds is 0. The molecule has 3 aromatic rings. The number of hydrogen-bond acceptors (Lipinski definition) is 0. The normalized spacial score (nSPS) is 15.0. The van der Waals surface area contributed by atoms with Crippen LogP contribution >= 0.6 is 0 Å². The van der Waals surface area contributed by atoms with Crippen molar-refractivity contribution >= 4 is 32.4 Å². The molecule has 28 heavy (non-hydrogen) atoms. The van der Waals surface area contributed by atoms with Gasteiger partial charge in [0.2, 0.25) is 0 Å². The predicted molar refractivity (Wildman–Crippen MR) is 114 cm³/mol. The number of allylic oxidation sites excluding steroid dienone is 4. The van der Waals surface area contributed by atoms with Gasteiger partial charge in [-0.05, 0) is 5.39 Å². The third-order valence-corrected chi connectivity index (χ3v) is 35.4. The molecular formula is C23H24Cl2Si2Zr-4. The fourth-order valence-corrected chi connectivity index (χ4v) is 46.3. The zero-order chi connectivity index (χ0) is 17.8. The molecule has 0 unspecified atom stereocenters. The molecule has 0 spiro atoms. The molecule has 0 saturated carbocycles. The van der Waals surface area contributed by atoms with Crippen LogP contribution in [0, 0.1) is 13.0 Å². The number of hydrogen-bond donors (Lipinski definition) is 0. The van der Waals surface area contributed by atoms with Crippen LogP contribution in [0.2, 0.25) is 24.2 Å². The van der Waals surface area contributed by atoms with Gasteiger partial charge < -0.3 is 24.8 Å². The molecule has 6 rings (SSSR count). The first-order chi connectivity index (χ1) is 12.8. The Morgan fingerprint density at radius 3 is 2.18 bits per heavy atom. The van der Waals surface area contributed by atoms with Crippen LogP contribution in [0.15, 0.2) is 66.8 Å². The Balaban J connectivity index is 0.000000168. The molecule has 0 N–H and O–H groups in total. The Morgan fingerprint density at radius 1 is 0.929 bits per heavy atom. The minimum Gasteiger partial charge on any atom is -1.00 e. The number of fused-ring (bicyclic) bond motifs is 3. The molecule has 1 aliphatic carbocycles. The van der Waals surface area contributed by atoms with E-state index in [1.54, 1.807) is 24.2 Å². The summed E-state index contributed by atoms with van der Waals surface area (Å²) in [5, 5.41) is 5.41. The largest absolute Gasteiger partial charge is 1.00 e. The molecule has 0 fully saturated rings. The number of aryl methyl sites for hydroxylation is 1. The summed E-state index contributed by atoms with van der Waals surface area (Å²) in [5.41, 5.74) is 2.42. The van der Waals surface area contributed by atoms with E-state index in [-0.39, 0.29) is 24.8 Å². The third-order valence-electron chi connectivity index (χ3n) is 5.16. The van der Waals surface area contributed by atoms with E-state index < -0.39 is 0 Å². The van der Waals surface area contributed by atoms with Crippen LogP contribution < -0.4 is 24.8 Å². The van der Waals surface area contributed by atoms with Crippen molar-refractivity contribution < 1.29 is 45.3 Å². The van der Waals surface area contributed by atoms with Crippen LogP contribution in [0.5, 0.6) is 0 Å². The minimum atomic E-state index is 0. The standard InChI is InChI=1S/C14H11.C5H5.C4H8Si2.2ClH.Zr/c1-10-8-12-7-6-11-4-2-3-5-13(11)14(12)9-10;1-2-4-5-3-1;1-2-6-4-3-5-1;;;/h2-9H,1H3;1-3H,4H2;1-4H2;2*1H;/q2*-1;;;;/p-2. The first kappa shape index (κ1) is 24.0. The van der Waals surface area contributed by atoms with Gasteiger partial charge in [-0.1, -0.05) is 42.6 Å². The summed E-state index contributed by atoms with van der Waals surface area (Å²) in [4.78, 5) is 0. The monoisotopic (exact) mass is 516 g/mol. The Kier molecular flexibility index (Phi) is 10.1. The van der Waals surface area contributed by atoms with E-state index in [4.69, 9.17) is 0 Å². The van der Waals surface area contributed by atoms with Crippen molar-refractivity contribution in [3.63, 3.8) is 0 Å². The van der Waals surface area contributed by atoms with Gasteiger partial charge in [-0.15, -0.1) is 34.9 Å². The van der Waals surface area contributed by atoms with Crippen molar-refractivity contribution in [3.8, 4) is 0 Å². The molecule has 0 nitrogen and oxygen atoms in total. The van der Waals surface area contributed by atoms with Crippen molar-refractivity contribution in [1.29, 1.82) is 0 Å². The maximum atomic E-state index is 2.99. The third kappa shape index (κ3) is 6.09. The first-order valence-electron chi connectivity index (χ1n) is 9.52. The molecule has 3 aliphatic rings. The van der Waals surface area contributed by atoms with E-state index in [0.717, 1.165) is 6.42 Å². The first-order valence-corrected chi connectivity index (χ1v) is 20.7. The van der Waals surface area contributed by atoms with Crippen LogP contribution in [0.25, 0.3) is 21.5 Å². The second kappa shape index (κ2) is 11.8. The molecule has 0 aromatic heterocycles. The molecule has 2 heterocycles. The SMILES string of the molecule is C1C[Si]2=[Zr]=[Si]1CC2.Cc1cc2c(ccc3ccccc32)[cH-]1.[C-]1=CC=CC1.[Cl-].[Cl-]. The van der Waals surface area contributed by atoms with Crippen molar-refractivity contribution in [2.24, 2.45) is 0 Å². The fraction of sp³-hybridized carbons (Fsp3) is 0.261. The van der Waals surface area contributed by atoms with E-state index in [9.17, 15) is 0 Å². The van der Waals surface area contributed by atoms with Crippen LogP contribution in [0.3, 0.4) is 0 Å². The van der Waals surface area contributed by atoms with Crippen molar-refractivity contribution in [3.05, 3.63) is 78.4 Å². The van der Waals surface area contributed by atoms with Gasteiger partial charge in [0.25, 0.3) is 0 Å². The summed E-state index contributed by atoms with van der Waals surface area (Å²) in [7, 11) is 0. The number of benzene rings is 2. The van der Waals surface area contributed by atoms with Crippen LogP contribution in [0.1, 0.15) is 12.0 Å². The average molecular weight is 519 g/mol. The van der Waals surface area contributed by atoms with Gasteiger partial charge in [0, 0.05) is 0 Å². The Morgan fingerprint density at radius 2 is 1.64 bits per heavy atom. The summed E-state index contributed by atoms with van der Waals surface area (Å²) in [6.07, 6.45) is 10.0. The molecule has 5 heteroatoms. The maximum absolute atomic E-state index is 2.99. The molecular weight excluding hydrogens is 495 g/mol. The van der Waals surface area contributed by atoms with E-state index in [1.807, 2.05) is 12.2 Å². The molecule has 0 amide bonds. The van der Waals surface area contributed by atoms with Gasteiger partial charge in [-0.2, -0.15) is 12.1 Å². The predicted octanol–water partition coefficient (Wildman–Crippen LogP) is 0.413. The molecule has 146 valence electrons. The van der Waals surface area contributed by atoms with Crippen molar-refractivity contribution in [2.75, 3.05) is 0 Å². The quantitative estimate of drug-likeness (QED) is 0.299.